The minimum Gasteiger partial charge on any atom is -0.506 e. The maximum Gasteiger partial charge on any atom is 0.257 e. The van der Waals surface area contributed by atoms with Gasteiger partial charge in [-0.15, -0.1) is 0 Å². The molecule has 2 aromatic rings. The van der Waals surface area contributed by atoms with Crippen molar-refractivity contribution in [1.82, 2.24) is 4.90 Å². The first-order valence-corrected chi connectivity index (χ1v) is 8.74. The number of halogens is 1. The number of hydrogen-bond acceptors (Lipinski definition) is 3. The van der Waals surface area contributed by atoms with Crippen molar-refractivity contribution >= 4 is 21.8 Å². The molecule has 126 valence electrons. The van der Waals surface area contributed by atoms with Crippen LogP contribution in [0.15, 0.2) is 46.9 Å². The molecule has 0 aliphatic carbocycles. The molecular weight excluding hydrogens is 370 g/mol. The van der Waals surface area contributed by atoms with Gasteiger partial charge in [0.15, 0.2) is 0 Å². The number of carbonyl (C=O) groups is 1. The van der Waals surface area contributed by atoms with Gasteiger partial charge in [-0.25, -0.2) is 0 Å². The zero-order chi connectivity index (χ0) is 17.3. The van der Waals surface area contributed by atoms with Crippen LogP contribution in [0.1, 0.15) is 34.5 Å². The standard InChI is InChI=1S/C19H20BrNO3/c1-12-8-15(18(22)16(20)9-12)19(23)21-10-13(2)24-17(11-21)14-6-4-3-5-7-14/h3-9,13,17,22H,10-11H2,1-2H3/t13-,17+/m0/s1. The largest absolute Gasteiger partial charge is 0.506 e. The Bertz CT molecular complexity index is 748. The number of aromatic hydroxyl groups is 1. The first-order valence-electron chi connectivity index (χ1n) is 7.94. The molecule has 0 aromatic heterocycles. The molecular formula is C19H20BrNO3. The van der Waals surface area contributed by atoms with E-state index in [0.717, 1.165) is 11.1 Å². The number of phenols is 1. The van der Waals surface area contributed by atoms with Crippen molar-refractivity contribution in [2.75, 3.05) is 13.1 Å². The van der Waals surface area contributed by atoms with Crippen LogP contribution in [0.5, 0.6) is 5.75 Å². The molecule has 1 N–H and O–H groups in total. The lowest BCUT2D eigenvalue weighted by atomic mass is 10.0. The van der Waals surface area contributed by atoms with Crippen LogP contribution in [-0.4, -0.2) is 35.1 Å². The molecule has 0 saturated carbocycles. The lowest BCUT2D eigenvalue weighted by molar-refractivity contribution is -0.0692. The summed E-state index contributed by atoms with van der Waals surface area (Å²) in [5, 5.41) is 10.2. The predicted octanol–water partition coefficient (Wildman–Crippen LogP) is 4.07. The molecule has 0 bridgehead atoms. The number of morpholine rings is 1. The van der Waals surface area contributed by atoms with Gasteiger partial charge in [0.05, 0.1) is 22.7 Å². The van der Waals surface area contributed by atoms with Crippen LogP contribution in [0.2, 0.25) is 0 Å². The molecule has 1 heterocycles. The molecule has 0 radical (unpaired) electrons. The van der Waals surface area contributed by atoms with Crippen molar-refractivity contribution in [3.05, 3.63) is 63.6 Å². The highest BCUT2D eigenvalue weighted by Gasteiger charge is 2.31. The minimum atomic E-state index is -0.173. The van der Waals surface area contributed by atoms with E-state index in [2.05, 4.69) is 15.9 Å². The molecule has 1 fully saturated rings. The van der Waals surface area contributed by atoms with Gasteiger partial charge in [-0.1, -0.05) is 30.3 Å². The summed E-state index contributed by atoms with van der Waals surface area (Å²) in [6.45, 7) is 4.84. The number of benzene rings is 2. The van der Waals surface area contributed by atoms with Crippen LogP contribution in [0.25, 0.3) is 0 Å². The smallest absolute Gasteiger partial charge is 0.257 e. The van der Waals surface area contributed by atoms with E-state index in [0.29, 0.717) is 23.1 Å². The fourth-order valence-corrected chi connectivity index (χ4v) is 3.61. The molecule has 5 heteroatoms. The van der Waals surface area contributed by atoms with Gasteiger partial charge in [0.25, 0.3) is 5.91 Å². The fraction of sp³-hybridized carbons (Fsp3) is 0.316. The quantitative estimate of drug-likeness (QED) is 0.841. The molecule has 24 heavy (non-hydrogen) atoms. The van der Waals surface area contributed by atoms with Gasteiger partial charge in [0.1, 0.15) is 11.9 Å². The van der Waals surface area contributed by atoms with Gasteiger partial charge >= 0.3 is 0 Å². The third kappa shape index (κ3) is 3.47. The minimum absolute atomic E-state index is 0.0130. The van der Waals surface area contributed by atoms with E-state index in [1.807, 2.05) is 44.2 Å². The number of amides is 1. The second-order valence-electron chi connectivity index (χ2n) is 6.20. The fourth-order valence-electron chi connectivity index (χ4n) is 3.04. The van der Waals surface area contributed by atoms with Crippen LogP contribution >= 0.6 is 15.9 Å². The van der Waals surface area contributed by atoms with E-state index in [4.69, 9.17) is 4.74 Å². The zero-order valence-corrected chi connectivity index (χ0v) is 15.3. The number of hydrogen-bond donors (Lipinski definition) is 1. The van der Waals surface area contributed by atoms with Crippen molar-refractivity contribution in [3.63, 3.8) is 0 Å². The SMILES string of the molecule is Cc1cc(Br)c(O)c(C(=O)N2C[C@H](C)O[C@@H](c3ccccc3)C2)c1. The van der Waals surface area contributed by atoms with Crippen LogP contribution in [0.4, 0.5) is 0 Å². The Morgan fingerprint density at radius 3 is 2.67 bits per heavy atom. The molecule has 4 nitrogen and oxygen atoms in total. The van der Waals surface area contributed by atoms with Gasteiger partial charge in [-0.3, -0.25) is 4.79 Å². The summed E-state index contributed by atoms with van der Waals surface area (Å²) < 4.78 is 6.53. The summed E-state index contributed by atoms with van der Waals surface area (Å²) in [6, 6.07) is 13.4. The number of ether oxygens (including phenoxy) is 1. The first-order chi connectivity index (χ1) is 11.5. The normalized spacial score (nSPS) is 20.9. The topological polar surface area (TPSA) is 49.8 Å². The third-order valence-corrected chi connectivity index (χ3v) is 4.76. The molecule has 0 unspecified atom stereocenters. The third-order valence-electron chi connectivity index (χ3n) is 4.16. The zero-order valence-electron chi connectivity index (χ0n) is 13.7. The summed E-state index contributed by atoms with van der Waals surface area (Å²) in [7, 11) is 0. The Morgan fingerprint density at radius 1 is 1.25 bits per heavy atom. The van der Waals surface area contributed by atoms with Crippen molar-refractivity contribution < 1.29 is 14.6 Å². The second kappa shape index (κ2) is 6.95. The molecule has 1 amide bonds. The summed E-state index contributed by atoms with van der Waals surface area (Å²) >= 11 is 3.30. The Morgan fingerprint density at radius 2 is 1.96 bits per heavy atom. The highest BCUT2D eigenvalue weighted by atomic mass is 79.9. The molecule has 3 rings (SSSR count). The van der Waals surface area contributed by atoms with Gasteiger partial charge < -0.3 is 14.7 Å². The number of nitrogens with zero attached hydrogens (tertiary/aromatic N) is 1. The molecule has 0 spiro atoms. The van der Waals surface area contributed by atoms with Crippen LogP contribution in [0, 0.1) is 6.92 Å². The molecule has 2 atom stereocenters. The summed E-state index contributed by atoms with van der Waals surface area (Å²) in [5.74, 6) is -0.186. The summed E-state index contributed by atoms with van der Waals surface area (Å²) in [4.78, 5) is 14.7. The Balaban J connectivity index is 1.87. The number of rotatable bonds is 2. The second-order valence-corrected chi connectivity index (χ2v) is 7.05. The van der Waals surface area contributed by atoms with Gasteiger partial charge in [0.2, 0.25) is 0 Å². The monoisotopic (exact) mass is 389 g/mol. The van der Waals surface area contributed by atoms with E-state index in [1.54, 1.807) is 17.0 Å². The Kier molecular flexibility index (Phi) is 4.92. The van der Waals surface area contributed by atoms with Gasteiger partial charge in [-0.2, -0.15) is 0 Å². The predicted molar refractivity (Wildman–Crippen MR) is 96.2 cm³/mol. The summed E-state index contributed by atoms with van der Waals surface area (Å²) in [5.41, 5.74) is 2.29. The molecule has 1 aliphatic rings. The maximum absolute atomic E-state index is 12.9. The highest BCUT2D eigenvalue weighted by molar-refractivity contribution is 9.10. The van der Waals surface area contributed by atoms with Crippen molar-refractivity contribution in [1.29, 1.82) is 0 Å². The first kappa shape index (κ1) is 17.0. The van der Waals surface area contributed by atoms with Crippen LogP contribution in [-0.2, 0) is 4.74 Å². The number of carbonyl (C=O) groups excluding carboxylic acids is 1. The number of aryl methyl sites for hydroxylation is 1. The van der Waals surface area contributed by atoms with Crippen molar-refractivity contribution in [2.24, 2.45) is 0 Å². The highest BCUT2D eigenvalue weighted by Crippen LogP contribution is 2.32. The van der Waals surface area contributed by atoms with E-state index in [1.165, 1.54) is 0 Å². The van der Waals surface area contributed by atoms with E-state index in [-0.39, 0.29) is 23.9 Å². The van der Waals surface area contributed by atoms with Crippen LogP contribution in [0.3, 0.4) is 0 Å². The molecule has 1 aliphatic heterocycles. The maximum atomic E-state index is 12.9. The molecule has 2 aromatic carbocycles. The summed E-state index contributed by atoms with van der Waals surface area (Å²) in [6.07, 6.45) is -0.224. The van der Waals surface area contributed by atoms with Gasteiger partial charge in [0, 0.05) is 6.54 Å². The average Bonchev–Trinajstić information content (AvgIpc) is 2.57. The molecule has 1 saturated heterocycles. The van der Waals surface area contributed by atoms with E-state index >= 15 is 0 Å². The van der Waals surface area contributed by atoms with Crippen molar-refractivity contribution in [3.8, 4) is 5.75 Å². The number of phenolic OH excluding ortho intramolecular Hbond substituents is 1. The Labute approximate surface area is 150 Å². The van der Waals surface area contributed by atoms with Gasteiger partial charge in [-0.05, 0) is 53.0 Å². The van der Waals surface area contributed by atoms with E-state index in [9.17, 15) is 9.90 Å². The van der Waals surface area contributed by atoms with Crippen LogP contribution < -0.4 is 0 Å². The lowest BCUT2D eigenvalue weighted by Crippen LogP contribution is -2.46. The van der Waals surface area contributed by atoms with Crippen molar-refractivity contribution in [2.45, 2.75) is 26.1 Å². The lowest BCUT2D eigenvalue weighted by Gasteiger charge is -2.37. The van der Waals surface area contributed by atoms with E-state index < -0.39 is 0 Å². The Hall–Kier alpha value is -1.85. The average molecular weight is 390 g/mol.